The Morgan fingerprint density at radius 3 is 2.18 bits per heavy atom. The molecular formula is C25H30ClN5O2. The number of benzene rings is 2. The molecule has 33 heavy (non-hydrogen) atoms. The molecule has 0 atom stereocenters. The zero-order chi connectivity index (χ0) is 22.2. The van der Waals surface area contributed by atoms with Crippen LogP contribution in [0.5, 0.6) is 0 Å². The van der Waals surface area contributed by atoms with Gasteiger partial charge in [0.25, 0.3) is 5.91 Å². The molecule has 7 nitrogen and oxygen atoms in total. The summed E-state index contributed by atoms with van der Waals surface area (Å²) in [4.78, 5) is 30.8. The van der Waals surface area contributed by atoms with Crippen LogP contribution in [-0.2, 0) is 11.2 Å². The predicted octanol–water partition coefficient (Wildman–Crippen LogP) is 3.53. The molecule has 0 aliphatic rings. The van der Waals surface area contributed by atoms with Crippen LogP contribution in [0.3, 0.4) is 0 Å². The van der Waals surface area contributed by atoms with Crippen LogP contribution in [0, 0.1) is 0 Å². The normalized spacial score (nSPS) is 10.8. The van der Waals surface area contributed by atoms with E-state index in [-0.39, 0.29) is 24.2 Å². The second-order valence-electron chi connectivity index (χ2n) is 7.82. The average molecular weight is 468 g/mol. The summed E-state index contributed by atoms with van der Waals surface area (Å²) in [7, 11) is 0. The Balaban J connectivity index is 0.00000306. The number of rotatable bonds is 11. The van der Waals surface area contributed by atoms with Gasteiger partial charge in [0.2, 0.25) is 5.91 Å². The minimum Gasteiger partial charge on any atom is -0.361 e. The Labute approximate surface area is 199 Å². The summed E-state index contributed by atoms with van der Waals surface area (Å²) in [6, 6.07) is 16.0. The minimum absolute atomic E-state index is 0. The molecule has 174 valence electrons. The number of nitrogens with one attached hydrogen (secondary N) is 5. The fourth-order valence-electron chi connectivity index (χ4n) is 3.90. The van der Waals surface area contributed by atoms with Gasteiger partial charge in [-0.25, -0.2) is 0 Å². The fourth-order valence-corrected chi connectivity index (χ4v) is 3.90. The van der Waals surface area contributed by atoms with E-state index in [1.165, 1.54) is 10.9 Å². The van der Waals surface area contributed by atoms with Crippen LogP contribution in [0.2, 0.25) is 0 Å². The van der Waals surface area contributed by atoms with Gasteiger partial charge >= 0.3 is 0 Å². The molecule has 8 heteroatoms. The van der Waals surface area contributed by atoms with Crippen LogP contribution in [-0.4, -0.2) is 48.0 Å². The van der Waals surface area contributed by atoms with E-state index in [2.05, 4.69) is 38.1 Å². The van der Waals surface area contributed by atoms with Gasteiger partial charge in [-0.15, -0.1) is 12.4 Å². The number of aryl methyl sites for hydroxylation is 1. The fraction of sp³-hybridized carbons (Fsp3) is 0.280. The Bertz CT molecular complexity index is 1200. The zero-order valence-electron chi connectivity index (χ0n) is 18.4. The molecule has 0 unspecified atom stereocenters. The van der Waals surface area contributed by atoms with Crippen LogP contribution >= 0.6 is 12.4 Å². The predicted molar refractivity (Wildman–Crippen MR) is 135 cm³/mol. The maximum absolute atomic E-state index is 12.3. The van der Waals surface area contributed by atoms with Crippen molar-refractivity contribution in [2.24, 2.45) is 0 Å². The van der Waals surface area contributed by atoms with Crippen molar-refractivity contribution in [2.75, 3.05) is 26.2 Å². The smallest absolute Gasteiger partial charge is 0.253 e. The van der Waals surface area contributed by atoms with Crippen LogP contribution in [0.25, 0.3) is 21.8 Å². The van der Waals surface area contributed by atoms with Gasteiger partial charge in [0.15, 0.2) is 0 Å². The second kappa shape index (κ2) is 12.1. The molecule has 2 heterocycles. The van der Waals surface area contributed by atoms with Gasteiger partial charge in [-0.2, -0.15) is 0 Å². The Kier molecular flexibility index (Phi) is 8.92. The van der Waals surface area contributed by atoms with Gasteiger partial charge in [-0.3, -0.25) is 9.59 Å². The molecule has 2 aromatic carbocycles. The summed E-state index contributed by atoms with van der Waals surface area (Å²) >= 11 is 0. The SMILES string of the molecule is Cl.O=C(CCCc1c[nH]c2ccccc12)NCCNCCNC(=O)c1c[nH]c2ccccc12. The van der Waals surface area contributed by atoms with Crippen molar-refractivity contribution in [3.63, 3.8) is 0 Å². The first-order valence-corrected chi connectivity index (χ1v) is 11.1. The standard InChI is InChI=1S/C25H29N5O2.ClH/c31-24(11-5-6-18-16-29-22-9-3-1-7-19(18)22)27-14-12-26-13-15-28-25(32)21-17-30-23-10-4-2-8-20(21)23;/h1-4,7-10,16-17,26,29-30H,5-6,11-15H2,(H,27,31)(H,28,32);1H. The maximum Gasteiger partial charge on any atom is 0.253 e. The number of para-hydroxylation sites is 2. The van der Waals surface area contributed by atoms with Crippen molar-refractivity contribution >= 4 is 46.0 Å². The molecule has 0 saturated heterocycles. The summed E-state index contributed by atoms with van der Waals surface area (Å²) in [5.41, 5.74) is 3.99. The van der Waals surface area contributed by atoms with Crippen LogP contribution in [0.1, 0.15) is 28.8 Å². The lowest BCUT2D eigenvalue weighted by molar-refractivity contribution is -0.121. The summed E-state index contributed by atoms with van der Waals surface area (Å²) < 4.78 is 0. The van der Waals surface area contributed by atoms with Crippen LogP contribution < -0.4 is 16.0 Å². The van der Waals surface area contributed by atoms with Crippen molar-refractivity contribution in [2.45, 2.75) is 19.3 Å². The number of hydrogen-bond acceptors (Lipinski definition) is 3. The average Bonchev–Trinajstić information content (AvgIpc) is 3.43. The third-order valence-electron chi connectivity index (χ3n) is 5.57. The topological polar surface area (TPSA) is 102 Å². The van der Waals surface area contributed by atoms with Crippen LogP contribution in [0.4, 0.5) is 0 Å². The molecule has 4 aromatic rings. The number of fused-ring (bicyclic) bond motifs is 2. The van der Waals surface area contributed by atoms with E-state index in [0.717, 1.165) is 29.3 Å². The van der Waals surface area contributed by atoms with Gasteiger partial charge in [0, 0.05) is 66.8 Å². The number of hydrogen-bond donors (Lipinski definition) is 5. The molecule has 0 saturated carbocycles. The molecule has 2 amide bonds. The van der Waals surface area contributed by atoms with Gasteiger partial charge < -0.3 is 25.9 Å². The summed E-state index contributed by atoms with van der Waals surface area (Å²) in [5, 5.41) is 11.2. The lowest BCUT2D eigenvalue weighted by Crippen LogP contribution is -2.36. The molecular weight excluding hydrogens is 438 g/mol. The summed E-state index contributed by atoms with van der Waals surface area (Å²) in [6.45, 7) is 2.40. The number of amides is 2. The lowest BCUT2D eigenvalue weighted by atomic mass is 10.1. The number of H-pyrrole nitrogens is 2. The van der Waals surface area contributed by atoms with E-state index in [4.69, 9.17) is 0 Å². The molecule has 0 radical (unpaired) electrons. The van der Waals surface area contributed by atoms with E-state index in [9.17, 15) is 9.59 Å². The number of aromatic amines is 2. The zero-order valence-corrected chi connectivity index (χ0v) is 19.3. The minimum atomic E-state index is -0.0900. The molecule has 0 bridgehead atoms. The van der Waals surface area contributed by atoms with E-state index >= 15 is 0 Å². The molecule has 0 spiro atoms. The van der Waals surface area contributed by atoms with Gasteiger partial charge in [0.05, 0.1) is 5.56 Å². The Morgan fingerprint density at radius 1 is 0.758 bits per heavy atom. The third kappa shape index (κ3) is 6.37. The van der Waals surface area contributed by atoms with Crippen molar-refractivity contribution < 1.29 is 9.59 Å². The molecule has 4 rings (SSSR count). The summed E-state index contributed by atoms with van der Waals surface area (Å²) in [6.07, 6.45) is 5.98. The Hall–Kier alpha value is -3.29. The molecule has 0 fully saturated rings. The number of carbonyl (C=O) groups excluding carboxylic acids is 2. The Morgan fingerprint density at radius 2 is 1.39 bits per heavy atom. The monoisotopic (exact) mass is 467 g/mol. The molecule has 0 aliphatic carbocycles. The van der Waals surface area contributed by atoms with Gasteiger partial charge in [-0.05, 0) is 30.5 Å². The highest BCUT2D eigenvalue weighted by atomic mass is 35.5. The van der Waals surface area contributed by atoms with E-state index < -0.39 is 0 Å². The van der Waals surface area contributed by atoms with Crippen molar-refractivity contribution in [3.05, 3.63) is 72.1 Å². The van der Waals surface area contributed by atoms with Crippen LogP contribution in [0.15, 0.2) is 60.9 Å². The lowest BCUT2D eigenvalue weighted by Gasteiger charge is -2.08. The largest absolute Gasteiger partial charge is 0.361 e. The van der Waals surface area contributed by atoms with E-state index in [1.807, 2.05) is 42.6 Å². The third-order valence-corrected chi connectivity index (χ3v) is 5.57. The van der Waals surface area contributed by atoms with Crippen molar-refractivity contribution in [3.8, 4) is 0 Å². The highest BCUT2D eigenvalue weighted by Gasteiger charge is 2.10. The van der Waals surface area contributed by atoms with Gasteiger partial charge in [0.1, 0.15) is 0 Å². The quantitative estimate of drug-likeness (QED) is 0.218. The first kappa shape index (κ1) is 24.4. The van der Waals surface area contributed by atoms with Crippen molar-refractivity contribution in [1.29, 1.82) is 0 Å². The van der Waals surface area contributed by atoms with Gasteiger partial charge in [-0.1, -0.05) is 36.4 Å². The first-order valence-electron chi connectivity index (χ1n) is 11.1. The second-order valence-corrected chi connectivity index (χ2v) is 7.82. The first-order chi connectivity index (χ1) is 15.7. The summed E-state index contributed by atoms with van der Waals surface area (Å²) in [5.74, 6) is -0.0213. The number of aromatic nitrogens is 2. The molecule has 0 aliphatic heterocycles. The molecule has 5 N–H and O–H groups in total. The molecule has 2 aromatic heterocycles. The van der Waals surface area contributed by atoms with E-state index in [0.29, 0.717) is 38.2 Å². The highest BCUT2D eigenvalue weighted by molar-refractivity contribution is 6.06. The van der Waals surface area contributed by atoms with E-state index in [1.54, 1.807) is 6.20 Å². The maximum atomic E-state index is 12.3. The highest BCUT2D eigenvalue weighted by Crippen LogP contribution is 2.19. The van der Waals surface area contributed by atoms with Crippen molar-refractivity contribution in [1.82, 2.24) is 25.9 Å². The number of halogens is 1. The number of carbonyl (C=O) groups is 2.